The van der Waals surface area contributed by atoms with Crippen molar-refractivity contribution in [1.82, 2.24) is 14.8 Å². The molecule has 0 saturated carbocycles. The number of piperazine rings is 1. The Bertz CT molecular complexity index is 436. The molecule has 1 atom stereocenters. The van der Waals surface area contributed by atoms with Crippen LogP contribution in [-0.4, -0.2) is 41.1 Å². The van der Waals surface area contributed by atoms with Crippen LogP contribution in [0.25, 0.3) is 0 Å². The minimum atomic E-state index is 0.168. The van der Waals surface area contributed by atoms with E-state index in [1.54, 1.807) is 0 Å². The van der Waals surface area contributed by atoms with Crippen molar-refractivity contribution in [2.45, 2.75) is 39.8 Å². The molecule has 1 unspecified atom stereocenters. The Morgan fingerprint density at radius 2 is 2.17 bits per heavy atom. The fraction of sp³-hybridized carbons (Fsp3) is 0.643. The average molecular weight is 249 g/mol. The molecule has 2 heterocycles. The van der Waals surface area contributed by atoms with Crippen LogP contribution in [0.5, 0.6) is 0 Å². The molecule has 2 rings (SSSR count). The summed E-state index contributed by atoms with van der Waals surface area (Å²) in [6.45, 7) is 10.9. The Morgan fingerprint density at radius 1 is 1.44 bits per heavy atom. The van der Waals surface area contributed by atoms with Crippen molar-refractivity contribution < 1.29 is 4.79 Å². The SMILES string of the molecule is Cc1cn(C(C)C)cc1C(=O)N1CCNCC1C. The molecule has 0 spiro atoms. The molecule has 1 aliphatic heterocycles. The number of amides is 1. The largest absolute Gasteiger partial charge is 0.351 e. The van der Waals surface area contributed by atoms with Gasteiger partial charge in [-0.05, 0) is 33.3 Å². The molecule has 1 N–H and O–H groups in total. The maximum Gasteiger partial charge on any atom is 0.255 e. The van der Waals surface area contributed by atoms with Crippen LogP contribution in [0.1, 0.15) is 42.7 Å². The van der Waals surface area contributed by atoms with Gasteiger partial charge in [-0.15, -0.1) is 0 Å². The molecular weight excluding hydrogens is 226 g/mol. The molecule has 1 aromatic heterocycles. The van der Waals surface area contributed by atoms with Gasteiger partial charge in [0.1, 0.15) is 0 Å². The van der Waals surface area contributed by atoms with Gasteiger partial charge in [-0.25, -0.2) is 0 Å². The number of hydrogen-bond acceptors (Lipinski definition) is 2. The van der Waals surface area contributed by atoms with E-state index in [1.807, 2.05) is 18.0 Å². The number of rotatable bonds is 2. The highest BCUT2D eigenvalue weighted by molar-refractivity contribution is 5.95. The Hall–Kier alpha value is -1.29. The Balaban J connectivity index is 2.22. The highest BCUT2D eigenvalue weighted by Gasteiger charge is 2.25. The number of nitrogens with zero attached hydrogens (tertiary/aromatic N) is 2. The fourth-order valence-electron chi connectivity index (χ4n) is 2.40. The monoisotopic (exact) mass is 249 g/mol. The van der Waals surface area contributed by atoms with Crippen LogP contribution >= 0.6 is 0 Å². The van der Waals surface area contributed by atoms with Crippen molar-refractivity contribution in [3.63, 3.8) is 0 Å². The van der Waals surface area contributed by atoms with E-state index >= 15 is 0 Å². The smallest absolute Gasteiger partial charge is 0.255 e. The maximum atomic E-state index is 12.6. The van der Waals surface area contributed by atoms with Crippen LogP contribution in [0.3, 0.4) is 0 Å². The molecule has 4 nitrogen and oxygen atoms in total. The average Bonchev–Trinajstić information content (AvgIpc) is 2.71. The summed E-state index contributed by atoms with van der Waals surface area (Å²) >= 11 is 0. The molecule has 0 aromatic carbocycles. The summed E-state index contributed by atoms with van der Waals surface area (Å²) in [6.07, 6.45) is 4.04. The first-order valence-electron chi connectivity index (χ1n) is 6.70. The number of carbonyl (C=O) groups is 1. The zero-order valence-corrected chi connectivity index (χ0v) is 11.7. The standard InChI is InChI=1S/C14H23N3O/c1-10(2)16-8-11(3)13(9-16)14(18)17-6-5-15-7-12(17)4/h8-10,12,15H,5-7H2,1-4H3. The first-order valence-corrected chi connectivity index (χ1v) is 6.70. The zero-order valence-electron chi connectivity index (χ0n) is 11.7. The molecular formula is C14H23N3O. The lowest BCUT2D eigenvalue weighted by Gasteiger charge is -2.34. The van der Waals surface area contributed by atoms with Crippen LogP contribution < -0.4 is 5.32 Å². The lowest BCUT2D eigenvalue weighted by molar-refractivity contribution is 0.0655. The summed E-state index contributed by atoms with van der Waals surface area (Å²) in [5.74, 6) is 0.168. The lowest BCUT2D eigenvalue weighted by Crippen LogP contribution is -2.52. The van der Waals surface area contributed by atoms with Gasteiger partial charge in [0.2, 0.25) is 0 Å². The normalized spacial score (nSPS) is 20.5. The molecule has 0 radical (unpaired) electrons. The second kappa shape index (κ2) is 5.14. The van der Waals surface area contributed by atoms with Crippen molar-refractivity contribution in [2.75, 3.05) is 19.6 Å². The van der Waals surface area contributed by atoms with Gasteiger partial charge in [-0.2, -0.15) is 0 Å². The van der Waals surface area contributed by atoms with Crippen LogP contribution in [0.4, 0.5) is 0 Å². The molecule has 1 aliphatic rings. The van der Waals surface area contributed by atoms with E-state index in [4.69, 9.17) is 0 Å². The third-order valence-electron chi connectivity index (χ3n) is 3.63. The van der Waals surface area contributed by atoms with Crippen LogP contribution in [0.15, 0.2) is 12.4 Å². The molecule has 4 heteroatoms. The van der Waals surface area contributed by atoms with E-state index < -0.39 is 0 Å². The van der Waals surface area contributed by atoms with Gasteiger partial charge < -0.3 is 14.8 Å². The number of hydrogen-bond donors (Lipinski definition) is 1. The van der Waals surface area contributed by atoms with Crippen molar-refractivity contribution >= 4 is 5.91 Å². The molecule has 1 fully saturated rings. The van der Waals surface area contributed by atoms with Crippen LogP contribution in [0, 0.1) is 6.92 Å². The molecule has 18 heavy (non-hydrogen) atoms. The maximum absolute atomic E-state index is 12.6. The first-order chi connectivity index (χ1) is 8.50. The van der Waals surface area contributed by atoms with Gasteiger partial charge in [0.15, 0.2) is 0 Å². The zero-order chi connectivity index (χ0) is 13.3. The molecule has 100 valence electrons. The van der Waals surface area contributed by atoms with Crippen molar-refractivity contribution in [3.05, 3.63) is 23.5 Å². The van der Waals surface area contributed by atoms with E-state index in [9.17, 15) is 4.79 Å². The van der Waals surface area contributed by atoms with Crippen LogP contribution in [0.2, 0.25) is 0 Å². The Kier molecular flexibility index (Phi) is 3.76. The predicted molar refractivity (Wildman–Crippen MR) is 72.9 cm³/mol. The van der Waals surface area contributed by atoms with Crippen molar-refractivity contribution in [1.29, 1.82) is 0 Å². The quantitative estimate of drug-likeness (QED) is 0.868. The number of aryl methyl sites for hydroxylation is 1. The molecule has 1 aromatic rings. The third-order valence-corrected chi connectivity index (χ3v) is 3.63. The van der Waals surface area contributed by atoms with Crippen molar-refractivity contribution in [3.8, 4) is 0 Å². The number of carbonyl (C=O) groups excluding carboxylic acids is 1. The minimum Gasteiger partial charge on any atom is -0.351 e. The number of nitrogens with one attached hydrogen (secondary N) is 1. The fourth-order valence-corrected chi connectivity index (χ4v) is 2.40. The van der Waals surface area contributed by atoms with E-state index in [-0.39, 0.29) is 11.9 Å². The Morgan fingerprint density at radius 3 is 2.72 bits per heavy atom. The minimum absolute atomic E-state index is 0.168. The van der Waals surface area contributed by atoms with Crippen LogP contribution in [-0.2, 0) is 0 Å². The summed E-state index contributed by atoms with van der Waals surface area (Å²) < 4.78 is 2.11. The summed E-state index contributed by atoms with van der Waals surface area (Å²) in [5, 5.41) is 3.31. The first kappa shape index (κ1) is 13.1. The van der Waals surface area contributed by atoms with E-state index in [1.165, 1.54) is 0 Å². The summed E-state index contributed by atoms with van der Waals surface area (Å²) in [4.78, 5) is 14.5. The third kappa shape index (κ3) is 2.43. The highest BCUT2D eigenvalue weighted by atomic mass is 16.2. The van der Waals surface area contributed by atoms with Gasteiger partial charge in [0, 0.05) is 44.1 Å². The summed E-state index contributed by atoms with van der Waals surface area (Å²) in [6, 6.07) is 0.666. The lowest BCUT2D eigenvalue weighted by atomic mass is 10.1. The van der Waals surface area contributed by atoms with Gasteiger partial charge in [0.25, 0.3) is 5.91 Å². The topological polar surface area (TPSA) is 37.3 Å². The second-order valence-electron chi connectivity index (χ2n) is 5.45. The summed E-state index contributed by atoms with van der Waals surface area (Å²) in [7, 11) is 0. The molecule has 0 bridgehead atoms. The predicted octanol–water partition coefficient (Wildman–Crippen LogP) is 1.81. The van der Waals surface area contributed by atoms with Gasteiger partial charge in [0.05, 0.1) is 5.56 Å². The van der Waals surface area contributed by atoms with E-state index in [0.29, 0.717) is 6.04 Å². The highest BCUT2D eigenvalue weighted by Crippen LogP contribution is 2.18. The van der Waals surface area contributed by atoms with E-state index in [2.05, 4.69) is 36.9 Å². The Labute approximate surface area is 109 Å². The molecule has 1 amide bonds. The van der Waals surface area contributed by atoms with E-state index in [0.717, 1.165) is 30.8 Å². The second-order valence-corrected chi connectivity index (χ2v) is 5.45. The molecule has 0 aliphatic carbocycles. The van der Waals surface area contributed by atoms with Crippen molar-refractivity contribution in [2.24, 2.45) is 0 Å². The molecule has 1 saturated heterocycles. The number of aromatic nitrogens is 1. The van der Waals surface area contributed by atoms with Gasteiger partial charge >= 0.3 is 0 Å². The summed E-state index contributed by atoms with van der Waals surface area (Å²) in [5.41, 5.74) is 1.91. The van der Waals surface area contributed by atoms with Gasteiger partial charge in [-0.3, -0.25) is 4.79 Å². The van der Waals surface area contributed by atoms with Gasteiger partial charge in [-0.1, -0.05) is 0 Å².